The third kappa shape index (κ3) is 4.20. The fourth-order valence-electron chi connectivity index (χ4n) is 2.09. The van der Waals surface area contributed by atoms with Gasteiger partial charge in [-0.05, 0) is 53.5 Å². The highest BCUT2D eigenvalue weighted by Gasteiger charge is 2.27. The number of halogens is 2. The quantitative estimate of drug-likeness (QED) is 0.858. The molecule has 1 aromatic carbocycles. The van der Waals surface area contributed by atoms with E-state index in [-0.39, 0.29) is 5.91 Å². The molecular formula is C14H18BrClN2O. The molecule has 1 fully saturated rings. The standard InChI is InChI=1S/C14H18BrClN2O/c1-2-18(11-4-5-11)8-7-17-14(19)10-3-6-13(16)12(15)9-10/h3,6,9,11H,2,4-5,7-8H2,1H3,(H,17,19). The van der Waals surface area contributed by atoms with Gasteiger partial charge in [-0.25, -0.2) is 0 Å². The van der Waals surface area contributed by atoms with E-state index in [1.165, 1.54) is 12.8 Å². The van der Waals surface area contributed by atoms with Crippen LogP contribution in [0.4, 0.5) is 0 Å². The lowest BCUT2D eigenvalue weighted by atomic mass is 10.2. The number of rotatable bonds is 6. The van der Waals surface area contributed by atoms with Crippen LogP contribution in [0.15, 0.2) is 22.7 Å². The molecule has 0 bridgehead atoms. The average molecular weight is 346 g/mol. The van der Waals surface area contributed by atoms with Crippen LogP contribution in [0.1, 0.15) is 30.1 Å². The molecule has 0 aromatic heterocycles. The Hall–Kier alpha value is -0.580. The summed E-state index contributed by atoms with van der Waals surface area (Å²) < 4.78 is 0.745. The van der Waals surface area contributed by atoms with Crippen molar-refractivity contribution in [2.75, 3.05) is 19.6 Å². The number of benzene rings is 1. The summed E-state index contributed by atoms with van der Waals surface area (Å²) in [6.45, 7) is 4.81. The molecule has 0 spiro atoms. The van der Waals surface area contributed by atoms with E-state index in [4.69, 9.17) is 11.6 Å². The van der Waals surface area contributed by atoms with Crippen molar-refractivity contribution in [3.8, 4) is 0 Å². The summed E-state index contributed by atoms with van der Waals surface area (Å²) in [7, 11) is 0. The predicted molar refractivity (Wildman–Crippen MR) is 81.8 cm³/mol. The second kappa shape index (κ2) is 6.73. The van der Waals surface area contributed by atoms with E-state index in [0.717, 1.165) is 23.6 Å². The molecule has 2 rings (SSSR count). The Balaban J connectivity index is 1.81. The highest BCUT2D eigenvalue weighted by atomic mass is 79.9. The summed E-state index contributed by atoms with van der Waals surface area (Å²) in [5, 5.41) is 3.56. The van der Waals surface area contributed by atoms with Gasteiger partial charge in [0, 0.05) is 29.2 Å². The molecule has 1 amide bonds. The molecule has 0 saturated heterocycles. The van der Waals surface area contributed by atoms with Crippen molar-refractivity contribution >= 4 is 33.4 Å². The van der Waals surface area contributed by atoms with Gasteiger partial charge in [0.1, 0.15) is 0 Å². The second-order valence-electron chi connectivity index (χ2n) is 4.74. The molecule has 1 aliphatic carbocycles. The van der Waals surface area contributed by atoms with Gasteiger partial charge in [0.2, 0.25) is 0 Å². The van der Waals surface area contributed by atoms with Gasteiger partial charge < -0.3 is 5.32 Å². The minimum Gasteiger partial charge on any atom is -0.351 e. The van der Waals surface area contributed by atoms with E-state index in [0.29, 0.717) is 17.1 Å². The summed E-state index contributed by atoms with van der Waals surface area (Å²) in [4.78, 5) is 14.4. The normalized spacial score (nSPS) is 14.7. The van der Waals surface area contributed by atoms with Gasteiger partial charge in [-0.2, -0.15) is 0 Å². The molecule has 0 unspecified atom stereocenters. The zero-order valence-corrected chi connectivity index (χ0v) is 13.3. The molecule has 1 N–H and O–H groups in total. The van der Waals surface area contributed by atoms with Crippen LogP contribution in [0.3, 0.4) is 0 Å². The van der Waals surface area contributed by atoms with Gasteiger partial charge in [-0.1, -0.05) is 18.5 Å². The van der Waals surface area contributed by atoms with Crippen molar-refractivity contribution in [1.29, 1.82) is 0 Å². The van der Waals surface area contributed by atoms with E-state index < -0.39 is 0 Å². The second-order valence-corrected chi connectivity index (χ2v) is 6.01. The van der Waals surface area contributed by atoms with Gasteiger partial charge in [0.15, 0.2) is 0 Å². The SMILES string of the molecule is CCN(CCNC(=O)c1ccc(Cl)c(Br)c1)C1CC1. The van der Waals surface area contributed by atoms with Crippen LogP contribution in [-0.2, 0) is 0 Å². The minimum atomic E-state index is -0.0517. The first-order chi connectivity index (χ1) is 9.11. The maximum absolute atomic E-state index is 12.0. The molecular weight excluding hydrogens is 328 g/mol. The minimum absolute atomic E-state index is 0.0517. The number of hydrogen-bond donors (Lipinski definition) is 1. The van der Waals surface area contributed by atoms with Gasteiger partial charge in [0.25, 0.3) is 5.91 Å². The van der Waals surface area contributed by atoms with Gasteiger partial charge in [-0.3, -0.25) is 9.69 Å². The largest absolute Gasteiger partial charge is 0.351 e. The van der Waals surface area contributed by atoms with Crippen LogP contribution in [0.2, 0.25) is 5.02 Å². The number of hydrogen-bond acceptors (Lipinski definition) is 2. The van der Waals surface area contributed by atoms with Gasteiger partial charge in [0.05, 0.1) is 5.02 Å². The fourth-order valence-corrected chi connectivity index (χ4v) is 2.59. The zero-order valence-electron chi connectivity index (χ0n) is 11.0. The molecule has 0 radical (unpaired) electrons. The molecule has 1 saturated carbocycles. The number of carbonyl (C=O) groups is 1. The van der Waals surface area contributed by atoms with Crippen LogP contribution in [0.25, 0.3) is 0 Å². The maximum Gasteiger partial charge on any atom is 0.251 e. The summed E-state index contributed by atoms with van der Waals surface area (Å²) in [5.41, 5.74) is 0.630. The molecule has 0 aliphatic heterocycles. The highest BCUT2D eigenvalue weighted by molar-refractivity contribution is 9.10. The Morgan fingerprint density at radius 1 is 1.53 bits per heavy atom. The van der Waals surface area contributed by atoms with Crippen LogP contribution >= 0.6 is 27.5 Å². The summed E-state index contributed by atoms with van der Waals surface area (Å²) in [5.74, 6) is -0.0517. The maximum atomic E-state index is 12.0. The lowest BCUT2D eigenvalue weighted by molar-refractivity contribution is 0.0948. The molecule has 0 atom stereocenters. The van der Waals surface area contributed by atoms with Gasteiger partial charge >= 0.3 is 0 Å². The van der Waals surface area contributed by atoms with Crippen molar-refractivity contribution in [2.24, 2.45) is 0 Å². The lowest BCUT2D eigenvalue weighted by Crippen LogP contribution is -2.36. The van der Waals surface area contributed by atoms with E-state index in [9.17, 15) is 4.79 Å². The molecule has 1 aromatic rings. The Kier molecular flexibility index (Phi) is 5.25. The summed E-state index contributed by atoms with van der Waals surface area (Å²) in [6, 6.07) is 5.95. The topological polar surface area (TPSA) is 32.3 Å². The van der Waals surface area contributed by atoms with E-state index in [1.54, 1.807) is 18.2 Å². The van der Waals surface area contributed by atoms with E-state index in [1.807, 2.05) is 0 Å². The first kappa shape index (κ1) is 14.8. The number of nitrogens with one attached hydrogen (secondary N) is 1. The van der Waals surface area contributed by atoms with Crippen LogP contribution in [-0.4, -0.2) is 36.5 Å². The van der Waals surface area contributed by atoms with E-state index in [2.05, 4.69) is 33.1 Å². The average Bonchev–Trinajstić information content (AvgIpc) is 3.22. The molecule has 19 heavy (non-hydrogen) atoms. The number of likely N-dealkylation sites (N-methyl/N-ethyl adjacent to an activating group) is 1. The van der Waals surface area contributed by atoms with Crippen molar-refractivity contribution in [3.63, 3.8) is 0 Å². The monoisotopic (exact) mass is 344 g/mol. The van der Waals surface area contributed by atoms with Crippen molar-refractivity contribution in [2.45, 2.75) is 25.8 Å². The van der Waals surface area contributed by atoms with Crippen molar-refractivity contribution < 1.29 is 4.79 Å². The Bertz CT molecular complexity index is 463. The zero-order chi connectivity index (χ0) is 13.8. The Labute approximate surface area is 127 Å². The summed E-state index contributed by atoms with van der Waals surface area (Å²) in [6.07, 6.45) is 2.60. The van der Waals surface area contributed by atoms with Crippen LogP contribution < -0.4 is 5.32 Å². The Morgan fingerprint density at radius 2 is 2.26 bits per heavy atom. The van der Waals surface area contributed by atoms with Crippen molar-refractivity contribution in [3.05, 3.63) is 33.3 Å². The molecule has 5 heteroatoms. The van der Waals surface area contributed by atoms with Crippen molar-refractivity contribution in [1.82, 2.24) is 10.2 Å². The smallest absolute Gasteiger partial charge is 0.251 e. The number of amides is 1. The first-order valence-corrected chi connectivity index (χ1v) is 7.76. The fraction of sp³-hybridized carbons (Fsp3) is 0.500. The molecule has 0 heterocycles. The summed E-state index contributed by atoms with van der Waals surface area (Å²) >= 11 is 9.23. The number of nitrogens with zero attached hydrogens (tertiary/aromatic N) is 1. The lowest BCUT2D eigenvalue weighted by Gasteiger charge is -2.19. The van der Waals surface area contributed by atoms with Crippen LogP contribution in [0, 0.1) is 0 Å². The first-order valence-electron chi connectivity index (χ1n) is 6.59. The molecule has 1 aliphatic rings. The highest BCUT2D eigenvalue weighted by Crippen LogP contribution is 2.26. The third-order valence-electron chi connectivity index (χ3n) is 3.34. The third-order valence-corrected chi connectivity index (χ3v) is 4.55. The predicted octanol–water partition coefficient (Wildman–Crippen LogP) is 3.32. The number of carbonyl (C=O) groups excluding carboxylic acids is 1. The Morgan fingerprint density at radius 3 is 2.84 bits per heavy atom. The molecule has 3 nitrogen and oxygen atoms in total. The van der Waals surface area contributed by atoms with Gasteiger partial charge in [-0.15, -0.1) is 0 Å². The van der Waals surface area contributed by atoms with E-state index >= 15 is 0 Å². The molecule has 104 valence electrons. The van der Waals surface area contributed by atoms with Crippen LogP contribution in [0.5, 0.6) is 0 Å².